The number of aliphatic carboxylic acids is 1. The largest absolute Gasteiger partial charge is 0.480 e. The lowest BCUT2D eigenvalue weighted by Gasteiger charge is -2.25. The first-order valence-corrected chi connectivity index (χ1v) is 8.38. The first-order chi connectivity index (χ1) is 9.25. The van der Waals surface area contributed by atoms with Crippen LogP contribution in [-0.2, 0) is 14.8 Å². The van der Waals surface area contributed by atoms with Crippen LogP contribution >= 0.6 is 11.8 Å². The molecule has 0 aromatic heterocycles. The number of nitrogens with zero attached hydrogens (tertiary/aromatic N) is 1. The molecule has 1 aliphatic rings. The number of hydrogen-bond acceptors (Lipinski definition) is 4. The molecule has 5 nitrogen and oxygen atoms in total. The molecule has 0 amide bonds. The predicted molar refractivity (Wildman–Crippen MR) is 73.5 cm³/mol. The monoisotopic (exact) mass is 319 g/mol. The van der Waals surface area contributed by atoms with Gasteiger partial charge in [-0.3, -0.25) is 4.79 Å². The first-order valence-electron chi connectivity index (χ1n) is 5.89. The van der Waals surface area contributed by atoms with Crippen molar-refractivity contribution in [2.75, 3.05) is 5.75 Å². The smallest absolute Gasteiger partial charge is 0.322 e. The highest BCUT2D eigenvalue weighted by Gasteiger charge is 2.44. The number of rotatable bonds is 3. The molecule has 20 heavy (non-hydrogen) atoms. The Hall–Kier alpha value is -1.12. The van der Waals surface area contributed by atoms with Crippen LogP contribution in [0.5, 0.6) is 0 Å². The molecule has 0 bridgehead atoms. The average Bonchev–Trinajstić information content (AvgIpc) is 2.75. The molecule has 0 aliphatic carbocycles. The van der Waals surface area contributed by atoms with Crippen LogP contribution < -0.4 is 0 Å². The van der Waals surface area contributed by atoms with Crippen molar-refractivity contribution < 1.29 is 22.7 Å². The van der Waals surface area contributed by atoms with Gasteiger partial charge < -0.3 is 5.11 Å². The number of sulfonamides is 1. The van der Waals surface area contributed by atoms with Crippen LogP contribution in [0, 0.1) is 12.7 Å². The van der Waals surface area contributed by atoms with Crippen molar-refractivity contribution in [2.24, 2.45) is 0 Å². The van der Waals surface area contributed by atoms with E-state index in [-0.39, 0.29) is 10.6 Å². The molecular formula is C12H14FNO4S2. The van der Waals surface area contributed by atoms with E-state index < -0.39 is 33.2 Å². The van der Waals surface area contributed by atoms with Gasteiger partial charge in [-0.05, 0) is 31.5 Å². The average molecular weight is 319 g/mol. The van der Waals surface area contributed by atoms with E-state index >= 15 is 0 Å². The van der Waals surface area contributed by atoms with Gasteiger partial charge >= 0.3 is 5.97 Å². The Kier molecular flexibility index (Phi) is 4.08. The minimum Gasteiger partial charge on any atom is -0.480 e. The Morgan fingerprint density at radius 2 is 2.15 bits per heavy atom. The maximum Gasteiger partial charge on any atom is 0.322 e. The molecule has 1 N–H and O–H groups in total. The number of carbonyl (C=O) groups is 1. The number of thioether (sulfide) groups is 1. The standard InChI is InChI=1S/C12H14FNO4S2/c1-7-3-4-9(13)5-11(7)20(17,18)14-8(2)19-6-10(14)12(15)16/h3-5,8,10H,6H2,1-2H3,(H,15,16). The summed E-state index contributed by atoms with van der Waals surface area (Å²) in [6, 6.07) is 2.35. The van der Waals surface area contributed by atoms with Crippen LogP contribution in [0.2, 0.25) is 0 Å². The van der Waals surface area contributed by atoms with Crippen LogP contribution in [0.15, 0.2) is 23.1 Å². The molecule has 1 aliphatic heterocycles. The van der Waals surface area contributed by atoms with Crippen molar-refractivity contribution in [3.8, 4) is 0 Å². The van der Waals surface area contributed by atoms with Gasteiger partial charge in [0.05, 0.1) is 10.3 Å². The van der Waals surface area contributed by atoms with Gasteiger partial charge in [0.1, 0.15) is 11.9 Å². The Morgan fingerprint density at radius 1 is 1.50 bits per heavy atom. The molecule has 0 saturated carbocycles. The zero-order valence-corrected chi connectivity index (χ0v) is 12.5. The normalized spacial score (nSPS) is 23.9. The molecule has 1 saturated heterocycles. The van der Waals surface area contributed by atoms with Crippen molar-refractivity contribution in [3.63, 3.8) is 0 Å². The third-order valence-electron chi connectivity index (χ3n) is 3.15. The minimum absolute atomic E-state index is 0.182. The molecule has 110 valence electrons. The van der Waals surface area contributed by atoms with Crippen LogP contribution in [0.1, 0.15) is 12.5 Å². The minimum atomic E-state index is -4.04. The van der Waals surface area contributed by atoms with Crippen molar-refractivity contribution in [2.45, 2.75) is 30.2 Å². The lowest BCUT2D eigenvalue weighted by molar-refractivity contribution is -0.140. The van der Waals surface area contributed by atoms with Crippen LogP contribution in [0.4, 0.5) is 4.39 Å². The molecular weight excluding hydrogens is 305 g/mol. The predicted octanol–water partition coefficient (Wildman–Crippen LogP) is 1.67. The van der Waals surface area contributed by atoms with E-state index in [1.165, 1.54) is 23.9 Å². The van der Waals surface area contributed by atoms with E-state index in [0.29, 0.717) is 5.56 Å². The topological polar surface area (TPSA) is 74.7 Å². The summed E-state index contributed by atoms with van der Waals surface area (Å²) in [5, 5.41) is 8.65. The van der Waals surface area contributed by atoms with E-state index in [9.17, 15) is 17.6 Å². The Balaban J connectivity index is 2.53. The quantitative estimate of drug-likeness (QED) is 0.917. The van der Waals surface area contributed by atoms with Gasteiger partial charge in [-0.2, -0.15) is 4.31 Å². The summed E-state index contributed by atoms with van der Waals surface area (Å²) >= 11 is 1.25. The van der Waals surface area contributed by atoms with E-state index in [0.717, 1.165) is 10.4 Å². The molecule has 8 heteroatoms. The summed E-state index contributed by atoms with van der Waals surface area (Å²) in [7, 11) is -4.04. The molecule has 2 rings (SSSR count). The van der Waals surface area contributed by atoms with Crippen LogP contribution in [0.25, 0.3) is 0 Å². The molecule has 1 fully saturated rings. The highest BCUT2D eigenvalue weighted by Crippen LogP contribution is 2.35. The first kappa shape index (κ1) is 15.3. The van der Waals surface area contributed by atoms with Crippen molar-refractivity contribution in [1.82, 2.24) is 4.31 Å². The fourth-order valence-electron chi connectivity index (χ4n) is 2.14. The third kappa shape index (κ3) is 2.55. The fourth-order valence-corrected chi connectivity index (χ4v) is 5.67. The molecule has 1 heterocycles. The molecule has 0 radical (unpaired) electrons. The fraction of sp³-hybridized carbons (Fsp3) is 0.417. The summed E-state index contributed by atoms with van der Waals surface area (Å²) in [6.45, 7) is 3.18. The third-order valence-corrected chi connectivity index (χ3v) is 6.62. The Labute approximate surface area is 120 Å². The lowest BCUT2D eigenvalue weighted by Crippen LogP contribution is -2.44. The van der Waals surface area contributed by atoms with Gasteiger partial charge in [0.2, 0.25) is 10.0 Å². The summed E-state index contributed by atoms with van der Waals surface area (Å²) < 4.78 is 39.5. The summed E-state index contributed by atoms with van der Waals surface area (Å²) in [5.74, 6) is -1.68. The van der Waals surface area contributed by atoms with Gasteiger partial charge in [-0.25, -0.2) is 12.8 Å². The van der Waals surface area contributed by atoms with E-state index in [1.807, 2.05) is 0 Å². The molecule has 1 aromatic rings. The zero-order chi connectivity index (χ0) is 15.1. The van der Waals surface area contributed by atoms with E-state index in [2.05, 4.69) is 0 Å². The molecule has 2 atom stereocenters. The number of carboxylic acid groups (broad SMARTS) is 1. The summed E-state index contributed by atoms with van der Waals surface area (Å²) in [4.78, 5) is 11.0. The second-order valence-electron chi connectivity index (χ2n) is 4.53. The van der Waals surface area contributed by atoms with Crippen molar-refractivity contribution in [1.29, 1.82) is 0 Å². The zero-order valence-electron chi connectivity index (χ0n) is 10.9. The molecule has 1 aromatic carbocycles. The van der Waals surface area contributed by atoms with Crippen LogP contribution in [-0.4, -0.2) is 41.0 Å². The number of halogens is 1. The van der Waals surface area contributed by atoms with Gasteiger partial charge in [0.15, 0.2) is 0 Å². The second kappa shape index (κ2) is 5.34. The van der Waals surface area contributed by atoms with Crippen LogP contribution in [0.3, 0.4) is 0 Å². The lowest BCUT2D eigenvalue weighted by atomic mass is 10.2. The van der Waals surface area contributed by atoms with E-state index in [4.69, 9.17) is 5.11 Å². The van der Waals surface area contributed by atoms with Gasteiger partial charge in [-0.15, -0.1) is 11.8 Å². The van der Waals surface area contributed by atoms with E-state index in [1.54, 1.807) is 13.8 Å². The number of hydrogen-bond donors (Lipinski definition) is 1. The summed E-state index contributed by atoms with van der Waals surface area (Å²) in [5.41, 5.74) is 0.389. The SMILES string of the molecule is Cc1ccc(F)cc1S(=O)(=O)N1C(C)SCC1C(=O)O. The van der Waals surface area contributed by atoms with Gasteiger partial charge in [-0.1, -0.05) is 6.07 Å². The maximum atomic E-state index is 13.3. The maximum absolute atomic E-state index is 13.3. The Morgan fingerprint density at radius 3 is 2.75 bits per heavy atom. The highest BCUT2D eigenvalue weighted by molar-refractivity contribution is 8.01. The number of benzene rings is 1. The van der Waals surface area contributed by atoms with Gasteiger partial charge in [0.25, 0.3) is 0 Å². The highest BCUT2D eigenvalue weighted by atomic mass is 32.2. The van der Waals surface area contributed by atoms with Gasteiger partial charge in [0, 0.05) is 5.75 Å². The number of carboxylic acids is 1. The Bertz CT molecular complexity index is 647. The molecule has 2 unspecified atom stereocenters. The summed E-state index contributed by atoms with van der Waals surface area (Å²) in [6.07, 6.45) is 0. The number of aryl methyl sites for hydroxylation is 1. The van der Waals surface area contributed by atoms with Crippen molar-refractivity contribution >= 4 is 27.8 Å². The second-order valence-corrected chi connectivity index (χ2v) is 7.69. The molecule has 0 spiro atoms. The van der Waals surface area contributed by atoms with Crippen molar-refractivity contribution in [3.05, 3.63) is 29.6 Å².